The van der Waals surface area contributed by atoms with E-state index in [1.807, 2.05) is 0 Å². The first-order chi connectivity index (χ1) is 8.72. The topological polar surface area (TPSA) is 122 Å². The summed E-state index contributed by atoms with van der Waals surface area (Å²) in [6, 6.07) is -0.651. The van der Waals surface area contributed by atoms with Gasteiger partial charge in [0.05, 0.1) is 13.1 Å². The van der Waals surface area contributed by atoms with E-state index < -0.39 is 17.5 Å². The average molecular weight is 273 g/mol. The molecule has 19 heavy (non-hydrogen) atoms. The minimum atomic E-state index is -1.04. The molecule has 1 rings (SSSR count). The maximum absolute atomic E-state index is 11.7. The lowest BCUT2D eigenvalue weighted by atomic mass is 9.97. The van der Waals surface area contributed by atoms with E-state index >= 15 is 0 Å². The molecular weight excluding hydrogens is 254 g/mol. The van der Waals surface area contributed by atoms with Gasteiger partial charge in [0.25, 0.3) is 0 Å². The smallest absolute Gasteiger partial charge is 0.329 e. The Morgan fingerprint density at radius 3 is 2.53 bits per heavy atom. The summed E-state index contributed by atoms with van der Waals surface area (Å²) < 4.78 is 5.18. The lowest BCUT2D eigenvalue weighted by molar-refractivity contribution is -0.159. The van der Waals surface area contributed by atoms with Gasteiger partial charge in [-0.3, -0.25) is 4.79 Å². The number of carbonyl (C=O) groups is 3. The largest absolute Gasteiger partial charge is 0.480 e. The number of carboxylic acids is 1. The fraction of sp³-hybridized carbons (Fsp3) is 0.727. The predicted octanol–water partition coefficient (Wildman–Crippen LogP) is -0.865. The number of amides is 3. The van der Waals surface area contributed by atoms with Gasteiger partial charge in [0, 0.05) is 12.5 Å². The van der Waals surface area contributed by atoms with Crippen LogP contribution in [0.15, 0.2) is 0 Å². The van der Waals surface area contributed by atoms with Crippen molar-refractivity contribution in [3.8, 4) is 0 Å². The second-order valence-electron chi connectivity index (χ2n) is 5.01. The van der Waals surface area contributed by atoms with Crippen LogP contribution in [0.3, 0.4) is 0 Å². The molecule has 1 saturated heterocycles. The fourth-order valence-electron chi connectivity index (χ4n) is 1.89. The maximum atomic E-state index is 11.7. The van der Waals surface area contributed by atoms with Crippen LogP contribution in [0.25, 0.3) is 0 Å². The van der Waals surface area contributed by atoms with Gasteiger partial charge < -0.3 is 25.8 Å². The second kappa shape index (κ2) is 5.87. The monoisotopic (exact) mass is 273 g/mol. The molecule has 1 fully saturated rings. The van der Waals surface area contributed by atoms with Crippen molar-refractivity contribution in [1.29, 1.82) is 0 Å². The molecule has 0 spiro atoms. The highest BCUT2D eigenvalue weighted by Crippen LogP contribution is 2.24. The first-order valence-electron chi connectivity index (χ1n) is 5.91. The minimum Gasteiger partial charge on any atom is -0.480 e. The Morgan fingerprint density at radius 1 is 1.47 bits per heavy atom. The molecule has 3 amide bonds. The molecule has 1 aliphatic heterocycles. The highest BCUT2D eigenvalue weighted by molar-refractivity contribution is 5.78. The van der Waals surface area contributed by atoms with Crippen LogP contribution in [0.4, 0.5) is 4.79 Å². The summed E-state index contributed by atoms with van der Waals surface area (Å²) in [6.45, 7) is 3.67. The van der Waals surface area contributed by atoms with E-state index in [1.165, 1.54) is 4.90 Å². The third kappa shape index (κ3) is 4.74. The summed E-state index contributed by atoms with van der Waals surface area (Å²) in [6.07, 6.45) is 0.0758. The van der Waals surface area contributed by atoms with Gasteiger partial charge in [-0.1, -0.05) is 0 Å². The number of ether oxygens (including phenoxy) is 1. The van der Waals surface area contributed by atoms with E-state index in [-0.39, 0.29) is 25.1 Å². The predicted molar refractivity (Wildman–Crippen MR) is 65.4 cm³/mol. The SMILES string of the molecule is CC(CC(N)=O)NC(=O)N1CC(C)(OCC(=O)O)C1. The first kappa shape index (κ1) is 15.2. The van der Waals surface area contributed by atoms with Gasteiger partial charge in [0.1, 0.15) is 12.2 Å². The number of primary amides is 1. The van der Waals surface area contributed by atoms with E-state index in [9.17, 15) is 14.4 Å². The van der Waals surface area contributed by atoms with Crippen molar-refractivity contribution in [2.24, 2.45) is 5.73 Å². The number of nitrogens with one attached hydrogen (secondary N) is 1. The summed E-state index contributed by atoms with van der Waals surface area (Å²) in [5.74, 6) is -1.52. The molecular formula is C11H19N3O5. The van der Waals surface area contributed by atoms with Gasteiger partial charge in [-0.15, -0.1) is 0 Å². The normalized spacial score (nSPS) is 18.3. The van der Waals surface area contributed by atoms with Crippen LogP contribution in [-0.2, 0) is 14.3 Å². The molecule has 0 saturated carbocycles. The third-order valence-corrected chi connectivity index (χ3v) is 2.76. The standard InChI is InChI=1S/C11H19N3O5/c1-7(3-8(12)15)13-10(18)14-5-11(2,6-14)19-4-9(16)17/h7H,3-6H2,1-2H3,(H2,12,15)(H,13,18)(H,16,17). The minimum absolute atomic E-state index is 0.0758. The van der Waals surface area contributed by atoms with Gasteiger partial charge in [0.2, 0.25) is 5.91 Å². The summed E-state index contributed by atoms with van der Waals surface area (Å²) >= 11 is 0. The molecule has 8 heteroatoms. The Labute approximate surface area is 110 Å². The van der Waals surface area contributed by atoms with Crippen LogP contribution >= 0.6 is 0 Å². The summed E-state index contributed by atoms with van der Waals surface area (Å²) in [5.41, 5.74) is 4.40. The molecule has 108 valence electrons. The van der Waals surface area contributed by atoms with Crippen molar-refractivity contribution >= 4 is 17.9 Å². The molecule has 1 unspecified atom stereocenters. The van der Waals surface area contributed by atoms with E-state index in [0.717, 1.165) is 0 Å². The molecule has 0 aromatic carbocycles. The Kier molecular flexibility index (Phi) is 4.71. The van der Waals surface area contributed by atoms with E-state index in [4.69, 9.17) is 15.6 Å². The van der Waals surface area contributed by atoms with Crippen LogP contribution < -0.4 is 11.1 Å². The Bertz CT molecular complexity index is 379. The molecule has 4 N–H and O–H groups in total. The number of nitrogens with two attached hydrogens (primary N) is 1. The van der Waals surface area contributed by atoms with Crippen molar-refractivity contribution in [3.05, 3.63) is 0 Å². The second-order valence-corrected chi connectivity index (χ2v) is 5.01. The number of hydrogen-bond donors (Lipinski definition) is 3. The summed E-state index contributed by atoms with van der Waals surface area (Å²) in [5, 5.41) is 11.1. The lowest BCUT2D eigenvalue weighted by Gasteiger charge is -2.47. The van der Waals surface area contributed by atoms with Crippen LogP contribution in [0.1, 0.15) is 20.3 Å². The molecule has 0 radical (unpaired) electrons. The zero-order valence-electron chi connectivity index (χ0n) is 11.0. The van der Waals surface area contributed by atoms with E-state index in [2.05, 4.69) is 5.32 Å². The zero-order valence-corrected chi connectivity index (χ0v) is 11.0. The average Bonchev–Trinajstić information content (AvgIpc) is 2.20. The van der Waals surface area contributed by atoms with Crippen molar-refractivity contribution in [3.63, 3.8) is 0 Å². The third-order valence-electron chi connectivity index (χ3n) is 2.76. The number of carbonyl (C=O) groups excluding carboxylic acids is 2. The molecule has 1 aliphatic rings. The maximum Gasteiger partial charge on any atom is 0.329 e. The van der Waals surface area contributed by atoms with Crippen LogP contribution in [0.5, 0.6) is 0 Å². The van der Waals surface area contributed by atoms with E-state index in [1.54, 1.807) is 13.8 Å². The molecule has 1 heterocycles. The van der Waals surface area contributed by atoms with Crippen LogP contribution in [0.2, 0.25) is 0 Å². The number of rotatable bonds is 6. The van der Waals surface area contributed by atoms with Crippen molar-refractivity contribution in [2.75, 3.05) is 19.7 Å². The number of urea groups is 1. The first-order valence-corrected chi connectivity index (χ1v) is 5.91. The number of aliphatic carboxylic acids is 1. The summed E-state index contributed by atoms with van der Waals surface area (Å²) in [7, 11) is 0. The summed E-state index contributed by atoms with van der Waals surface area (Å²) in [4.78, 5) is 34.3. The van der Waals surface area contributed by atoms with E-state index in [0.29, 0.717) is 13.1 Å². The van der Waals surface area contributed by atoms with Gasteiger partial charge in [-0.2, -0.15) is 0 Å². The Hall–Kier alpha value is -1.83. The van der Waals surface area contributed by atoms with Crippen molar-refractivity contribution < 1.29 is 24.2 Å². The fourth-order valence-corrected chi connectivity index (χ4v) is 1.89. The zero-order chi connectivity index (χ0) is 14.6. The molecule has 0 aliphatic carbocycles. The number of carboxylic acid groups (broad SMARTS) is 1. The number of likely N-dealkylation sites (tertiary alicyclic amines) is 1. The molecule has 0 aromatic rings. The van der Waals surface area contributed by atoms with Gasteiger partial charge >= 0.3 is 12.0 Å². The molecule has 1 atom stereocenters. The van der Waals surface area contributed by atoms with Gasteiger partial charge in [-0.05, 0) is 13.8 Å². The van der Waals surface area contributed by atoms with Crippen LogP contribution in [0, 0.1) is 0 Å². The molecule has 0 aromatic heterocycles. The molecule has 0 bridgehead atoms. The highest BCUT2D eigenvalue weighted by Gasteiger charge is 2.43. The van der Waals surface area contributed by atoms with Gasteiger partial charge in [0.15, 0.2) is 0 Å². The van der Waals surface area contributed by atoms with Crippen LogP contribution in [-0.4, -0.2) is 59.3 Å². The Morgan fingerprint density at radius 2 is 2.05 bits per heavy atom. The van der Waals surface area contributed by atoms with Gasteiger partial charge in [-0.25, -0.2) is 9.59 Å². The lowest BCUT2D eigenvalue weighted by Crippen LogP contribution is -2.65. The highest BCUT2D eigenvalue weighted by atomic mass is 16.5. The van der Waals surface area contributed by atoms with Crippen molar-refractivity contribution in [1.82, 2.24) is 10.2 Å². The number of nitrogens with zero attached hydrogens (tertiary/aromatic N) is 1. The van der Waals surface area contributed by atoms with Crippen molar-refractivity contribution in [2.45, 2.75) is 31.9 Å². The number of hydrogen-bond acceptors (Lipinski definition) is 4. The Balaban J connectivity index is 2.31. The quantitative estimate of drug-likeness (QED) is 0.581. The molecule has 8 nitrogen and oxygen atoms in total.